The predicted octanol–water partition coefficient (Wildman–Crippen LogP) is 1.25. The van der Waals surface area contributed by atoms with E-state index in [0.717, 1.165) is 18.5 Å². The van der Waals surface area contributed by atoms with Crippen molar-refractivity contribution in [3.63, 3.8) is 0 Å². The molecule has 0 saturated carbocycles. The zero-order valence-electron chi connectivity index (χ0n) is 15.6. The number of benzene rings is 1. The zero-order chi connectivity index (χ0) is 19.7. The minimum absolute atomic E-state index is 0.00352. The molecule has 0 spiro atoms. The molecular weight excluding hydrogens is 358 g/mol. The number of nitrogen functional groups attached to an aromatic ring is 1. The van der Waals surface area contributed by atoms with Crippen LogP contribution in [0.3, 0.4) is 0 Å². The average molecular weight is 381 g/mol. The number of carbonyl (C=O) groups is 3. The van der Waals surface area contributed by atoms with Crippen molar-refractivity contribution in [3.8, 4) is 5.69 Å². The van der Waals surface area contributed by atoms with Crippen molar-refractivity contribution in [3.05, 3.63) is 42.1 Å². The number of ketones is 1. The summed E-state index contributed by atoms with van der Waals surface area (Å²) in [6.45, 7) is 1.17. The van der Waals surface area contributed by atoms with Crippen LogP contribution in [0.1, 0.15) is 36.0 Å². The third kappa shape index (κ3) is 3.26. The smallest absolute Gasteiger partial charge is 0.242 e. The van der Waals surface area contributed by atoms with Crippen molar-refractivity contribution in [1.82, 2.24) is 19.6 Å². The number of carbonyl (C=O) groups excluding carboxylic acids is 3. The molecule has 1 aromatic carbocycles. The lowest BCUT2D eigenvalue weighted by Gasteiger charge is -2.26. The van der Waals surface area contributed by atoms with Crippen LogP contribution in [0, 0.1) is 0 Å². The molecule has 4 rings (SSSR count). The van der Waals surface area contributed by atoms with Crippen molar-refractivity contribution in [2.75, 3.05) is 25.4 Å². The van der Waals surface area contributed by atoms with E-state index in [1.54, 1.807) is 9.80 Å². The third-order valence-corrected chi connectivity index (χ3v) is 5.45. The molecule has 3 heterocycles. The molecule has 2 aliphatic rings. The van der Waals surface area contributed by atoms with Gasteiger partial charge >= 0.3 is 0 Å². The third-order valence-electron chi connectivity index (χ3n) is 5.45. The summed E-state index contributed by atoms with van der Waals surface area (Å²) in [4.78, 5) is 40.8. The molecule has 8 heteroatoms. The Morgan fingerprint density at radius 1 is 1.14 bits per heavy atom. The van der Waals surface area contributed by atoms with Gasteiger partial charge < -0.3 is 15.5 Å². The first kappa shape index (κ1) is 18.2. The molecule has 2 aliphatic heterocycles. The number of nitrogens with zero attached hydrogens (tertiary/aromatic N) is 4. The number of Topliss-reactive ketones (excluding diaryl/α,β-unsaturated/α-hetero) is 1. The van der Waals surface area contributed by atoms with E-state index in [-0.39, 0.29) is 30.0 Å². The summed E-state index contributed by atoms with van der Waals surface area (Å²) < 4.78 is 1.53. The van der Waals surface area contributed by atoms with Gasteiger partial charge in [-0.1, -0.05) is 18.2 Å². The fourth-order valence-electron chi connectivity index (χ4n) is 3.97. The lowest BCUT2D eigenvalue weighted by molar-refractivity contribution is -0.138. The number of amides is 2. The van der Waals surface area contributed by atoms with Gasteiger partial charge in [-0.25, -0.2) is 4.68 Å². The summed E-state index contributed by atoms with van der Waals surface area (Å²) in [5.74, 6) is -0.104. The molecule has 1 aromatic heterocycles. The second-order valence-corrected chi connectivity index (χ2v) is 7.22. The largest absolute Gasteiger partial charge is 0.383 e. The number of anilines is 1. The Morgan fingerprint density at radius 3 is 2.64 bits per heavy atom. The van der Waals surface area contributed by atoms with Gasteiger partial charge in [0.2, 0.25) is 11.8 Å². The topological polar surface area (TPSA) is 102 Å². The van der Waals surface area contributed by atoms with Gasteiger partial charge in [-0.3, -0.25) is 14.4 Å². The van der Waals surface area contributed by atoms with E-state index >= 15 is 0 Å². The molecule has 2 saturated heterocycles. The summed E-state index contributed by atoms with van der Waals surface area (Å²) >= 11 is 0. The molecule has 2 fully saturated rings. The van der Waals surface area contributed by atoms with Crippen molar-refractivity contribution < 1.29 is 14.4 Å². The number of rotatable bonds is 5. The molecule has 2 amide bonds. The summed E-state index contributed by atoms with van der Waals surface area (Å²) in [6, 6.07) is 8.79. The van der Waals surface area contributed by atoms with E-state index in [1.165, 1.54) is 10.9 Å². The Bertz CT molecular complexity index is 908. The van der Waals surface area contributed by atoms with Crippen LogP contribution in [0.25, 0.3) is 5.69 Å². The SMILES string of the molecule is Nc1c(C(=O)C2CCCN2C(=O)CN2CCCC2=O)cnn1-c1ccccc1. The zero-order valence-corrected chi connectivity index (χ0v) is 15.6. The first-order valence-electron chi connectivity index (χ1n) is 9.56. The van der Waals surface area contributed by atoms with Gasteiger partial charge in [-0.2, -0.15) is 5.10 Å². The highest BCUT2D eigenvalue weighted by Crippen LogP contribution is 2.25. The Labute approximate surface area is 162 Å². The van der Waals surface area contributed by atoms with Crippen LogP contribution in [-0.4, -0.2) is 62.9 Å². The maximum atomic E-state index is 13.1. The van der Waals surface area contributed by atoms with E-state index in [0.29, 0.717) is 31.5 Å². The van der Waals surface area contributed by atoms with Gasteiger partial charge in [0.05, 0.1) is 30.0 Å². The highest BCUT2D eigenvalue weighted by molar-refractivity contribution is 6.05. The summed E-state index contributed by atoms with van der Waals surface area (Å²) in [7, 11) is 0. The fraction of sp³-hybridized carbons (Fsp3) is 0.400. The number of para-hydroxylation sites is 1. The normalized spacial score (nSPS) is 19.4. The highest BCUT2D eigenvalue weighted by atomic mass is 16.2. The first-order chi connectivity index (χ1) is 13.6. The van der Waals surface area contributed by atoms with Crippen LogP contribution in [0.2, 0.25) is 0 Å². The highest BCUT2D eigenvalue weighted by Gasteiger charge is 2.37. The second-order valence-electron chi connectivity index (χ2n) is 7.22. The molecule has 1 atom stereocenters. The van der Waals surface area contributed by atoms with E-state index in [2.05, 4.69) is 5.10 Å². The lowest BCUT2D eigenvalue weighted by Crippen LogP contribution is -2.46. The van der Waals surface area contributed by atoms with Gasteiger partial charge in [0, 0.05) is 19.5 Å². The minimum atomic E-state index is -0.555. The van der Waals surface area contributed by atoms with Crippen LogP contribution >= 0.6 is 0 Å². The van der Waals surface area contributed by atoms with Crippen LogP contribution in [-0.2, 0) is 9.59 Å². The Hall–Kier alpha value is -3.16. The van der Waals surface area contributed by atoms with Crippen LogP contribution < -0.4 is 5.73 Å². The van der Waals surface area contributed by atoms with Crippen LogP contribution in [0.15, 0.2) is 36.5 Å². The summed E-state index contributed by atoms with van der Waals surface area (Å²) in [6.07, 6.45) is 4.08. The van der Waals surface area contributed by atoms with Crippen molar-refractivity contribution >= 4 is 23.4 Å². The van der Waals surface area contributed by atoms with Gasteiger partial charge in [0.1, 0.15) is 5.82 Å². The lowest BCUT2D eigenvalue weighted by atomic mass is 10.0. The number of nitrogens with two attached hydrogens (primary N) is 1. The van der Waals surface area contributed by atoms with E-state index in [4.69, 9.17) is 5.73 Å². The van der Waals surface area contributed by atoms with E-state index < -0.39 is 6.04 Å². The molecular formula is C20H23N5O3. The van der Waals surface area contributed by atoms with Gasteiger partial charge in [-0.05, 0) is 31.4 Å². The number of likely N-dealkylation sites (tertiary alicyclic amines) is 2. The molecule has 0 bridgehead atoms. The molecule has 28 heavy (non-hydrogen) atoms. The van der Waals surface area contributed by atoms with Gasteiger partial charge in [0.25, 0.3) is 0 Å². The molecule has 8 nitrogen and oxygen atoms in total. The maximum Gasteiger partial charge on any atom is 0.242 e. The quantitative estimate of drug-likeness (QED) is 0.786. The summed E-state index contributed by atoms with van der Waals surface area (Å²) in [5.41, 5.74) is 7.29. The maximum absolute atomic E-state index is 13.1. The molecule has 2 N–H and O–H groups in total. The van der Waals surface area contributed by atoms with Crippen molar-refractivity contribution in [1.29, 1.82) is 0 Å². The predicted molar refractivity (Wildman–Crippen MR) is 103 cm³/mol. The monoisotopic (exact) mass is 381 g/mol. The molecule has 146 valence electrons. The average Bonchev–Trinajstić information content (AvgIpc) is 3.43. The van der Waals surface area contributed by atoms with Crippen LogP contribution in [0.5, 0.6) is 0 Å². The van der Waals surface area contributed by atoms with Crippen LogP contribution in [0.4, 0.5) is 5.82 Å². The van der Waals surface area contributed by atoms with Crippen molar-refractivity contribution in [2.45, 2.75) is 31.7 Å². The van der Waals surface area contributed by atoms with E-state index in [1.807, 2.05) is 30.3 Å². The Kier molecular flexibility index (Phi) is 4.85. The standard InChI is InChI=1S/C20H23N5O3/c21-20-15(12-22-25(20)14-6-2-1-3-7-14)19(28)16-8-4-11-24(16)18(27)13-23-10-5-9-17(23)26/h1-3,6-7,12,16H,4-5,8-11,13,21H2. The molecule has 1 unspecified atom stereocenters. The molecule has 0 aliphatic carbocycles. The van der Waals surface area contributed by atoms with Gasteiger partial charge in [-0.15, -0.1) is 0 Å². The summed E-state index contributed by atoms with van der Waals surface area (Å²) in [5, 5.41) is 4.26. The fourth-order valence-corrected chi connectivity index (χ4v) is 3.97. The van der Waals surface area contributed by atoms with Crippen molar-refractivity contribution in [2.24, 2.45) is 0 Å². The van der Waals surface area contributed by atoms with Gasteiger partial charge in [0.15, 0.2) is 5.78 Å². The minimum Gasteiger partial charge on any atom is -0.383 e. The number of hydrogen-bond donors (Lipinski definition) is 1. The first-order valence-corrected chi connectivity index (χ1v) is 9.56. The Balaban J connectivity index is 1.52. The van der Waals surface area contributed by atoms with E-state index in [9.17, 15) is 14.4 Å². The number of hydrogen-bond acceptors (Lipinski definition) is 5. The molecule has 2 aromatic rings. The number of aromatic nitrogens is 2. The molecule has 0 radical (unpaired) electrons. The Morgan fingerprint density at radius 2 is 1.93 bits per heavy atom. The second kappa shape index (κ2) is 7.46.